The van der Waals surface area contributed by atoms with Crippen molar-refractivity contribution in [3.8, 4) is 0 Å². The SMILES string of the molecule is NC(=O)[C@@H]1CCCN1Cc1ccccc1NC(=O)CC(F)(F)F. The summed E-state index contributed by atoms with van der Waals surface area (Å²) in [6.45, 7) is 1.02. The van der Waals surface area contributed by atoms with E-state index in [0.29, 0.717) is 30.8 Å². The summed E-state index contributed by atoms with van der Waals surface area (Å²) in [6.07, 6.45) is -4.59. The van der Waals surface area contributed by atoms with Gasteiger partial charge in [-0.25, -0.2) is 0 Å². The molecule has 1 aliphatic heterocycles. The lowest BCUT2D eigenvalue weighted by Gasteiger charge is -2.23. The maximum atomic E-state index is 12.3. The van der Waals surface area contributed by atoms with Gasteiger partial charge in [-0.15, -0.1) is 0 Å². The molecule has 2 amide bonds. The molecular formula is C15H18F3N3O2. The van der Waals surface area contributed by atoms with Crippen molar-refractivity contribution in [3.05, 3.63) is 29.8 Å². The highest BCUT2D eigenvalue weighted by atomic mass is 19.4. The lowest BCUT2D eigenvalue weighted by molar-refractivity contribution is -0.150. The molecule has 23 heavy (non-hydrogen) atoms. The van der Waals surface area contributed by atoms with Crippen LogP contribution in [0, 0.1) is 0 Å². The van der Waals surface area contributed by atoms with Crippen molar-refractivity contribution in [2.24, 2.45) is 5.73 Å². The average Bonchev–Trinajstić information content (AvgIpc) is 2.87. The smallest absolute Gasteiger partial charge is 0.368 e. The molecule has 1 saturated heterocycles. The van der Waals surface area contributed by atoms with Crippen molar-refractivity contribution >= 4 is 17.5 Å². The largest absolute Gasteiger partial charge is 0.397 e. The summed E-state index contributed by atoms with van der Waals surface area (Å²) in [5.74, 6) is -1.53. The minimum atomic E-state index is -4.55. The van der Waals surface area contributed by atoms with Gasteiger partial charge < -0.3 is 11.1 Å². The molecule has 0 saturated carbocycles. The van der Waals surface area contributed by atoms with Gasteiger partial charge in [-0.05, 0) is 31.0 Å². The third-order valence-electron chi connectivity index (χ3n) is 3.72. The first-order valence-corrected chi connectivity index (χ1v) is 7.24. The molecule has 1 atom stereocenters. The maximum absolute atomic E-state index is 12.3. The number of nitrogens with two attached hydrogens (primary N) is 1. The van der Waals surface area contributed by atoms with Crippen LogP contribution in [0.25, 0.3) is 0 Å². The van der Waals surface area contributed by atoms with Crippen LogP contribution in [-0.4, -0.2) is 35.5 Å². The van der Waals surface area contributed by atoms with Crippen molar-refractivity contribution < 1.29 is 22.8 Å². The lowest BCUT2D eigenvalue weighted by Crippen LogP contribution is -2.39. The van der Waals surface area contributed by atoms with Crippen molar-refractivity contribution in [1.82, 2.24) is 4.90 Å². The number of rotatable bonds is 5. The van der Waals surface area contributed by atoms with E-state index in [0.717, 1.165) is 6.42 Å². The third kappa shape index (κ3) is 4.95. The van der Waals surface area contributed by atoms with Crippen LogP contribution in [0.5, 0.6) is 0 Å². The number of nitrogens with one attached hydrogen (secondary N) is 1. The fourth-order valence-corrected chi connectivity index (χ4v) is 2.71. The molecule has 8 heteroatoms. The molecule has 1 aromatic rings. The summed E-state index contributed by atoms with van der Waals surface area (Å²) < 4.78 is 36.8. The Morgan fingerprint density at radius 1 is 1.30 bits per heavy atom. The molecule has 0 aromatic heterocycles. The Balaban J connectivity index is 2.08. The number of primary amides is 1. The first-order valence-electron chi connectivity index (χ1n) is 7.24. The first-order chi connectivity index (χ1) is 10.8. The van der Waals surface area contributed by atoms with Crippen LogP contribution >= 0.6 is 0 Å². The Hall–Kier alpha value is -2.09. The topological polar surface area (TPSA) is 75.4 Å². The van der Waals surface area contributed by atoms with Crippen LogP contribution in [0.1, 0.15) is 24.8 Å². The molecule has 0 bridgehead atoms. The minimum absolute atomic E-state index is 0.317. The van der Waals surface area contributed by atoms with Gasteiger partial charge >= 0.3 is 6.18 Å². The zero-order valence-electron chi connectivity index (χ0n) is 12.4. The van der Waals surface area contributed by atoms with Gasteiger partial charge in [0.1, 0.15) is 6.42 Å². The molecule has 0 spiro atoms. The van der Waals surface area contributed by atoms with Crippen LogP contribution < -0.4 is 11.1 Å². The number of nitrogens with zero attached hydrogens (tertiary/aromatic N) is 1. The normalized spacial score (nSPS) is 18.8. The van der Waals surface area contributed by atoms with E-state index in [1.807, 2.05) is 4.90 Å². The third-order valence-corrected chi connectivity index (χ3v) is 3.72. The maximum Gasteiger partial charge on any atom is 0.397 e. The zero-order valence-corrected chi connectivity index (χ0v) is 12.4. The second-order valence-electron chi connectivity index (χ2n) is 5.53. The number of alkyl halides is 3. The number of hydrogen-bond acceptors (Lipinski definition) is 3. The summed E-state index contributed by atoms with van der Waals surface area (Å²) in [4.78, 5) is 24.8. The standard InChI is InChI=1S/C15H18F3N3O2/c16-15(17,18)8-13(22)20-11-5-2-1-4-10(11)9-21-7-3-6-12(21)14(19)23/h1-2,4-5,12H,3,6-9H2,(H2,19,23)(H,20,22)/t12-/m0/s1. The van der Waals surface area contributed by atoms with Gasteiger partial charge in [-0.1, -0.05) is 18.2 Å². The molecule has 1 fully saturated rings. The number of carbonyl (C=O) groups is 2. The number of para-hydroxylation sites is 1. The van der Waals surface area contributed by atoms with Crippen LogP contribution in [0.15, 0.2) is 24.3 Å². The summed E-state index contributed by atoms with van der Waals surface area (Å²) in [7, 11) is 0. The second kappa shape index (κ2) is 6.99. The van der Waals surface area contributed by atoms with E-state index >= 15 is 0 Å². The fourth-order valence-electron chi connectivity index (χ4n) is 2.71. The lowest BCUT2D eigenvalue weighted by atomic mass is 10.1. The van der Waals surface area contributed by atoms with Gasteiger partial charge in [-0.3, -0.25) is 14.5 Å². The number of hydrogen-bond donors (Lipinski definition) is 2. The molecule has 2 rings (SSSR count). The number of carbonyl (C=O) groups excluding carboxylic acids is 2. The van der Waals surface area contributed by atoms with Crippen LogP contribution in [0.2, 0.25) is 0 Å². The van der Waals surface area contributed by atoms with Crippen LogP contribution in [0.4, 0.5) is 18.9 Å². The molecule has 0 aliphatic carbocycles. The van der Waals surface area contributed by atoms with Gasteiger partial charge in [0.2, 0.25) is 11.8 Å². The quantitative estimate of drug-likeness (QED) is 0.868. The Bertz CT molecular complexity index is 590. The molecule has 1 heterocycles. The second-order valence-corrected chi connectivity index (χ2v) is 5.53. The van der Waals surface area contributed by atoms with E-state index in [1.165, 1.54) is 0 Å². The molecule has 3 N–H and O–H groups in total. The summed E-state index contributed by atoms with van der Waals surface area (Å²) in [5.41, 5.74) is 6.32. The van der Waals surface area contributed by atoms with Gasteiger partial charge in [0.05, 0.1) is 6.04 Å². The highest BCUT2D eigenvalue weighted by Gasteiger charge is 2.32. The van der Waals surface area contributed by atoms with Crippen LogP contribution in [0.3, 0.4) is 0 Å². The number of anilines is 1. The van der Waals surface area contributed by atoms with Crippen molar-refractivity contribution in [2.45, 2.75) is 38.0 Å². The van der Waals surface area contributed by atoms with E-state index in [1.54, 1.807) is 24.3 Å². The number of amides is 2. The summed E-state index contributed by atoms with van der Waals surface area (Å²) in [5, 5.41) is 2.28. The van der Waals surface area contributed by atoms with E-state index in [-0.39, 0.29) is 6.04 Å². The predicted molar refractivity (Wildman–Crippen MR) is 78.4 cm³/mol. The number of likely N-dealkylation sites (tertiary alicyclic amines) is 1. The van der Waals surface area contributed by atoms with Gasteiger partial charge in [0.25, 0.3) is 0 Å². The predicted octanol–water partition coefficient (Wildman–Crippen LogP) is 2.03. The molecule has 0 radical (unpaired) electrons. The van der Waals surface area contributed by atoms with Crippen molar-refractivity contribution in [3.63, 3.8) is 0 Å². The minimum Gasteiger partial charge on any atom is -0.368 e. The Morgan fingerprint density at radius 2 is 2.00 bits per heavy atom. The van der Waals surface area contributed by atoms with E-state index in [2.05, 4.69) is 5.32 Å². The monoisotopic (exact) mass is 329 g/mol. The number of halogens is 3. The fraction of sp³-hybridized carbons (Fsp3) is 0.467. The molecule has 0 unspecified atom stereocenters. The Morgan fingerprint density at radius 3 is 2.65 bits per heavy atom. The van der Waals surface area contributed by atoms with Gasteiger partial charge in [-0.2, -0.15) is 13.2 Å². The zero-order chi connectivity index (χ0) is 17.0. The highest BCUT2D eigenvalue weighted by molar-refractivity contribution is 5.91. The number of benzene rings is 1. The average molecular weight is 329 g/mol. The molecular weight excluding hydrogens is 311 g/mol. The highest BCUT2D eigenvalue weighted by Crippen LogP contribution is 2.25. The van der Waals surface area contributed by atoms with Crippen LogP contribution in [-0.2, 0) is 16.1 Å². The van der Waals surface area contributed by atoms with Gasteiger partial charge in [0.15, 0.2) is 0 Å². The molecule has 5 nitrogen and oxygen atoms in total. The van der Waals surface area contributed by atoms with Gasteiger partial charge in [0, 0.05) is 12.2 Å². The van der Waals surface area contributed by atoms with Crippen molar-refractivity contribution in [2.75, 3.05) is 11.9 Å². The Labute approximate surface area is 131 Å². The van der Waals surface area contributed by atoms with E-state index < -0.39 is 24.4 Å². The Kier molecular flexibility index (Phi) is 5.25. The summed E-state index contributed by atoms with van der Waals surface area (Å²) >= 11 is 0. The van der Waals surface area contributed by atoms with Crippen molar-refractivity contribution in [1.29, 1.82) is 0 Å². The van der Waals surface area contributed by atoms with E-state index in [4.69, 9.17) is 5.73 Å². The molecule has 1 aromatic carbocycles. The first kappa shape index (κ1) is 17.3. The molecule has 126 valence electrons. The summed E-state index contributed by atoms with van der Waals surface area (Å²) in [6, 6.07) is 6.22. The molecule has 1 aliphatic rings. The van der Waals surface area contributed by atoms with E-state index in [9.17, 15) is 22.8 Å².